The summed E-state index contributed by atoms with van der Waals surface area (Å²) >= 11 is 0. The zero-order chi connectivity index (χ0) is 27.5. The molecule has 214 valence electrons. The summed E-state index contributed by atoms with van der Waals surface area (Å²) in [5.41, 5.74) is 0.919. The van der Waals surface area contributed by atoms with E-state index in [4.69, 9.17) is 14.2 Å². The maximum Gasteiger partial charge on any atom is 0.302 e. The number of hydrogen-bond acceptors (Lipinski definition) is 6. The molecule has 0 N–H and O–H groups in total. The highest BCUT2D eigenvalue weighted by atomic mass is 16.5. The van der Waals surface area contributed by atoms with Crippen LogP contribution in [0.4, 0.5) is 0 Å². The van der Waals surface area contributed by atoms with Gasteiger partial charge in [-0.05, 0) is 92.3 Å². The van der Waals surface area contributed by atoms with Crippen molar-refractivity contribution in [2.45, 2.75) is 125 Å². The van der Waals surface area contributed by atoms with Crippen molar-refractivity contribution in [2.24, 2.45) is 34.5 Å². The number of hydrogen-bond donors (Lipinski definition) is 0. The zero-order valence-electron chi connectivity index (χ0n) is 24.6. The lowest BCUT2D eigenvalue weighted by Gasteiger charge is -2.40. The van der Waals surface area contributed by atoms with Crippen LogP contribution in [-0.2, 0) is 28.6 Å². The minimum absolute atomic E-state index is 0.197. The summed E-state index contributed by atoms with van der Waals surface area (Å²) < 4.78 is 16.1. The maximum absolute atomic E-state index is 11.5. The van der Waals surface area contributed by atoms with Crippen LogP contribution < -0.4 is 0 Å². The van der Waals surface area contributed by atoms with Gasteiger partial charge in [0.1, 0.15) is 0 Å². The topological polar surface area (TPSA) is 78.9 Å². The van der Waals surface area contributed by atoms with Crippen LogP contribution in [-0.4, -0.2) is 37.7 Å². The van der Waals surface area contributed by atoms with E-state index in [-0.39, 0.29) is 17.9 Å². The molecule has 0 heterocycles. The summed E-state index contributed by atoms with van der Waals surface area (Å²) in [6, 6.07) is 0. The van der Waals surface area contributed by atoms with Crippen molar-refractivity contribution in [1.29, 1.82) is 0 Å². The van der Waals surface area contributed by atoms with E-state index in [2.05, 4.69) is 20.8 Å². The van der Waals surface area contributed by atoms with E-state index in [0.717, 1.165) is 57.3 Å². The lowest BCUT2D eigenvalue weighted by molar-refractivity contribution is -0.143. The average Bonchev–Trinajstić information content (AvgIpc) is 3.56. The van der Waals surface area contributed by atoms with E-state index in [1.807, 2.05) is 0 Å². The molecule has 0 aromatic heterocycles. The van der Waals surface area contributed by atoms with Crippen LogP contribution in [0, 0.1) is 34.5 Å². The number of ether oxygens (including phenoxy) is 3. The lowest BCUT2D eigenvalue weighted by Crippen LogP contribution is -2.31. The predicted octanol–water partition coefficient (Wildman–Crippen LogP) is 7.27. The summed E-state index contributed by atoms with van der Waals surface area (Å²) in [4.78, 5) is 34.1. The SMILES string of the molecule is CCC(CCCC(CCCC(CCC12CC1CCCC2(C)C)COC(C)=O)COC(C)=O)COC(C)=O. The quantitative estimate of drug-likeness (QED) is 0.139. The Morgan fingerprint density at radius 3 is 1.68 bits per heavy atom. The average molecular weight is 523 g/mol. The molecule has 0 saturated heterocycles. The van der Waals surface area contributed by atoms with Crippen molar-refractivity contribution in [3.63, 3.8) is 0 Å². The first kappa shape index (κ1) is 31.6. The number of fused-ring (bicyclic) bond motifs is 1. The Labute approximate surface area is 226 Å². The third kappa shape index (κ3) is 10.6. The molecular weight excluding hydrogens is 468 g/mol. The Morgan fingerprint density at radius 1 is 0.757 bits per heavy atom. The van der Waals surface area contributed by atoms with Crippen LogP contribution in [0.15, 0.2) is 0 Å². The molecule has 6 heteroatoms. The molecule has 0 radical (unpaired) electrons. The highest BCUT2D eigenvalue weighted by molar-refractivity contribution is 5.66. The van der Waals surface area contributed by atoms with Gasteiger partial charge in [0, 0.05) is 20.8 Å². The molecular formula is C31H54O6. The highest BCUT2D eigenvalue weighted by Crippen LogP contribution is 2.71. The van der Waals surface area contributed by atoms with Crippen molar-refractivity contribution in [3.8, 4) is 0 Å². The van der Waals surface area contributed by atoms with Gasteiger partial charge in [0.25, 0.3) is 0 Å². The Balaban J connectivity index is 1.85. The van der Waals surface area contributed by atoms with E-state index >= 15 is 0 Å². The van der Waals surface area contributed by atoms with Gasteiger partial charge in [0.15, 0.2) is 0 Å². The molecule has 37 heavy (non-hydrogen) atoms. The third-order valence-corrected chi connectivity index (χ3v) is 9.53. The molecule has 0 aliphatic heterocycles. The molecule has 0 amide bonds. The van der Waals surface area contributed by atoms with E-state index in [1.54, 1.807) is 0 Å². The van der Waals surface area contributed by atoms with Crippen LogP contribution in [0.5, 0.6) is 0 Å². The van der Waals surface area contributed by atoms with Crippen LogP contribution in [0.1, 0.15) is 125 Å². The second-order valence-electron chi connectivity index (χ2n) is 12.6. The minimum Gasteiger partial charge on any atom is -0.466 e. The van der Waals surface area contributed by atoms with E-state index in [0.29, 0.717) is 48.4 Å². The van der Waals surface area contributed by atoms with Crippen molar-refractivity contribution in [1.82, 2.24) is 0 Å². The summed E-state index contributed by atoms with van der Waals surface area (Å²) in [6.07, 6.45) is 14.9. The first-order chi connectivity index (χ1) is 17.5. The number of rotatable bonds is 18. The molecule has 2 fully saturated rings. The van der Waals surface area contributed by atoms with Gasteiger partial charge in [-0.15, -0.1) is 0 Å². The van der Waals surface area contributed by atoms with Gasteiger partial charge in [0.05, 0.1) is 19.8 Å². The van der Waals surface area contributed by atoms with E-state index in [9.17, 15) is 14.4 Å². The smallest absolute Gasteiger partial charge is 0.302 e. The molecule has 2 saturated carbocycles. The molecule has 0 spiro atoms. The molecule has 2 rings (SSSR count). The number of carbonyl (C=O) groups is 3. The molecule has 6 nitrogen and oxygen atoms in total. The Morgan fingerprint density at radius 2 is 1.22 bits per heavy atom. The van der Waals surface area contributed by atoms with Crippen LogP contribution in [0.3, 0.4) is 0 Å². The second kappa shape index (κ2) is 15.1. The molecule has 5 atom stereocenters. The molecule has 0 aromatic carbocycles. The highest BCUT2D eigenvalue weighted by Gasteiger charge is 2.62. The minimum atomic E-state index is -0.229. The van der Waals surface area contributed by atoms with Crippen molar-refractivity contribution >= 4 is 17.9 Å². The van der Waals surface area contributed by atoms with Gasteiger partial charge < -0.3 is 14.2 Å². The number of carbonyl (C=O) groups excluding carboxylic acids is 3. The van der Waals surface area contributed by atoms with Crippen LogP contribution >= 0.6 is 0 Å². The number of esters is 3. The summed E-state index contributed by atoms with van der Waals surface area (Å²) in [5.74, 6) is 1.34. The Kier molecular flexibility index (Phi) is 12.9. The fourth-order valence-corrected chi connectivity index (χ4v) is 6.86. The molecule has 0 aromatic rings. The molecule has 0 bridgehead atoms. The maximum atomic E-state index is 11.5. The second-order valence-corrected chi connectivity index (χ2v) is 12.6. The van der Waals surface area contributed by atoms with Gasteiger partial charge >= 0.3 is 17.9 Å². The molecule has 2 aliphatic carbocycles. The third-order valence-electron chi connectivity index (χ3n) is 9.53. The summed E-state index contributed by atoms with van der Waals surface area (Å²) in [5, 5.41) is 0. The van der Waals surface area contributed by atoms with E-state index < -0.39 is 0 Å². The fourth-order valence-electron chi connectivity index (χ4n) is 6.86. The summed E-state index contributed by atoms with van der Waals surface area (Å²) in [7, 11) is 0. The molecule has 5 unspecified atom stereocenters. The zero-order valence-corrected chi connectivity index (χ0v) is 24.6. The normalized spacial score (nSPS) is 24.3. The van der Waals surface area contributed by atoms with Crippen LogP contribution in [0.25, 0.3) is 0 Å². The fraction of sp³-hybridized carbons (Fsp3) is 0.903. The van der Waals surface area contributed by atoms with Crippen molar-refractivity contribution < 1.29 is 28.6 Å². The Hall–Kier alpha value is -1.59. The van der Waals surface area contributed by atoms with Gasteiger partial charge in [-0.25, -0.2) is 0 Å². The van der Waals surface area contributed by atoms with Gasteiger partial charge in [-0.1, -0.05) is 46.5 Å². The van der Waals surface area contributed by atoms with Gasteiger partial charge in [-0.3, -0.25) is 14.4 Å². The predicted molar refractivity (Wildman–Crippen MR) is 146 cm³/mol. The van der Waals surface area contributed by atoms with Crippen molar-refractivity contribution in [2.75, 3.05) is 19.8 Å². The largest absolute Gasteiger partial charge is 0.466 e. The lowest BCUT2D eigenvalue weighted by atomic mass is 9.65. The summed E-state index contributed by atoms with van der Waals surface area (Å²) in [6.45, 7) is 12.9. The standard InChI is InChI=1S/C31H54O6/c1-7-26(20-35-23(2)32)11-8-12-27(21-36-24(3)33)13-9-14-28(22-37-25(4)34)16-18-31-19-29(31)15-10-17-30(31,5)6/h26-29H,7-22H2,1-6H3. The van der Waals surface area contributed by atoms with Crippen molar-refractivity contribution in [3.05, 3.63) is 0 Å². The molecule has 2 aliphatic rings. The first-order valence-corrected chi connectivity index (χ1v) is 14.9. The van der Waals surface area contributed by atoms with Crippen LogP contribution in [0.2, 0.25) is 0 Å². The van der Waals surface area contributed by atoms with Gasteiger partial charge in [-0.2, -0.15) is 0 Å². The monoisotopic (exact) mass is 522 g/mol. The first-order valence-electron chi connectivity index (χ1n) is 14.9. The Bertz CT molecular complexity index is 731. The van der Waals surface area contributed by atoms with Gasteiger partial charge in [0.2, 0.25) is 0 Å². The van der Waals surface area contributed by atoms with E-state index in [1.165, 1.54) is 52.9 Å².